The Hall–Kier alpha value is -2.22. The molecule has 1 unspecified atom stereocenters. The fourth-order valence-corrected chi connectivity index (χ4v) is 3.59. The first kappa shape index (κ1) is 16.6. The number of amides is 1. The molecule has 2 heterocycles. The molecule has 1 amide bonds. The van der Waals surface area contributed by atoms with Gasteiger partial charge in [0.1, 0.15) is 0 Å². The molecule has 1 aliphatic heterocycles. The van der Waals surface area contributed by atoms with Crippen LogP contribution in [0.2, 0.25) is 0 Å². The number of aromatic nitrogens is 2. The number of hydrogen-bond acceptors (Lipinski definition) is 6. The van der Waals surface area contributed by atoms with Crippen LogP contribution < -0.4 is 0 Å². The molecule has 0 aliphatic carbocycles. The molecule has 3 rings (SSSR count). The van der Waals surface area contributed by atoms with Crippen molar-refractivity contribution in [2.45, 2.75) is 37.6 Å². The Labute approximate surface area is 140 Å². The third-order valence-corrected chi connectivity index (χ3v) is 5.33. The molecule has 0 spiro atoms. The van der Waals surface area contributed by atoms with Crippen molar-refractivity contribution in [3.63, 3.8) is 0 Å². The van der Waals surface area contributed by atoms with Crippen molar-refractivity contribution in [2.24, 2.45) is 0 Å². The Kier molecular flexibility index (Phi) is 4.16. The highest BCUT2D eigenvalue weighted by Gasteiger charge is 2.34. The van der Waals surface area contributed by atoms with Crippen LogP contribution in [-0.2, 0) is 9.84 Å². The van der Waals surface area contributed by atoms with Crippen molar-refractivity contribution in [1.29, 1.82) is 0 Å². The minimum absolute atomic E-state index is 0.141. The normalized spacial score (nSPS) is 18.1. The molecule has 1 fully saturated rings. The predicted molar refractivity (Wildman–Crippen MR) is 86.3 cm³/mol. The van der Waals surface area contributed by atoms with E-state index in [9.17, 15) is 13.2 Å². The van der Waals surface area contributed by atoms with Crippen LogP contribution in [0.3, 0.4) is 0 Å². The average molecular weight is 349 g/mol. The van der Waals surface area contributed by atoms with E-state index in [0.717, 1.165) is 24.7 Å². The van der Waals surface area contributed by atoms with Crippen LogP contribution in [0, 0.1) is 13.8 Å². The molecule has 1 saturated heterocycles. The molecule has 1 atom stereocenters. The molecule has 0 saturated carbocycles. The number of sulfone groups is 1. The lowest BCUT2D eigenvalue weighted by molar-refractivity contribution is 0.0727. The summed E-state index contributed by atoms with van der Waals surface area (Å²) >= 11 is 0. The third-order valence-electron chi connectivity index (χ3n) is 4.22. The van der Waals surface area contributed by atoms with E-state index in [4.69, 9.17) is 4.52 Å². The van der Waals surface area contributed by atoms with Crippen molar-refractivity contribution in [2.75, 3.05) is 12.8 Å². The summed E-state index contributed by atoms with van der Waals surface area (Å²) in [6, 6.07) is 4.39. The summed E-state index contributed by atoms with van der Waals surface area (Å²) in [6.45, 7) is 4.08. The van der Waals surface area contributed by atoms with Crippen molar-refractivity contribution >= 4 is 15.7 Å². The summed E-state index contributed by atoms with van der Waals surface area (Å²) in [5.74, 6) is 0.748. The zero-order valence-electron chi connectivity index (χ0n) is 13.8. The van der Waals surface area contributed by atoms with Gasteiger partial charge in [0.15, 0.2) is 15.7 Å². The summed E-state index contributed by atoms with van der Waals surface area (Å²) in [5, 5.41) is 3.93. The molecule has 7 nitrogen and oxygen atoms in total. The van der Waals surface area contributed by atoms with Crippen LogP contribution in [0.1, 0.15) is 46.5 Å². The van der Waals surface area contributed by atoms with E-state index in [1.807, 2.05) is 0 Å². The second kappa shape index (κ2) is 6.01. The summed E-state index contributed by atoms with van der Waals surface area (Å²) in [5.41, 5.74) is 1.13. The van der Waals surface area contributed by atoms with Gasteiger partial charge in [-0.3, -0.25) is 4.79 Å². The Morgan fingerprint density at radius 1 is 1.33 bits per heavy atom. The van der Waals surface area contributed by atoms with E-state index in [1.165, 1.54) is 12.1 Å². The largest absolute Gasteiger partial charge is 0.340 e. The molecular formula is C16H19N3O4S. The minimum atomic E-state index is -3.37. The fourth-order valence-electron chi connectivity index (χ4n) is 2.95. The van der Waals surface area contributed by atoms with Gasteiger partial charge >= 0.3 is 0 Å². The Bertz CT molecular complexity index is 888. The van der Waals surface area contributed by atoms with Crippen LogP contribution in [0.4, 0.5) is 0 Å². The van der Waals surface area contributed by atoms with Crippen molar-refractivity contribution in [1.82, 2.24) is 15.0 Å². The molecule has 1 aromatic carbocycles. The van der Waals surface area contributed by atoms with E-state index in [-0.39, 0.29) is 16.8 Å². The number of nitrogens with zero attached hydrogens (tertiary/aromatic N) is 3. The predicted octanol–water partition coefficient (Wildman–Crippen LogP) is 2.07. The summed E-state index contributed by atoms with van der Waals surface area (Å²) in [7, 11) is -3.37. The molecule has 24 heavy (non-hydrogen) atoms. The van der Waals surface area contributed by atoms with E-state index in [0.29, 0.717) is 23.8 Å². The zero-order valence-corrected chi connectivity index (χ0v) is 14.6. The molecule has 128 valence electrons. The molecule has 0 bridgehead atoms. The monoisotopic (exact) mass is 349 g/mol. The number of aryl methyl sites for hydroxylation is 2. The maximum Gasteiger partial charge on any atom is 0.254 e. The summed E-state index contributed by atoms with van der Waals surface area (Å²) < 4.78 is 28.6. The smallest absolute Gasteiger partial charge is 0.254 e. The summed E-state index contributed by atoms with van der Waals surface area (Å²) in [6.07, 6.45) is 2.73. The van der Waals surface area contributed by atoms with Crippen LogP contribution in [0.25, 0.3) is 0 Å². The lowest BCUT2D eigenvalue weighted by Gasteiger charge is -2.23. The Balaban J connectivity index is 1.96. The van der Waals surface area contributed by atoms with Crippen LogP contribution in [0.15, 0.2) is 27.6 Å². The zero-order chi connectivity index (χ0) is 17.5. The number of hydrogen-bond donors (Lipinski definition) is 0. The SMILES string of the molecule is Cc1nc(C2CCCN2C(=O)c2cc(S(C)(=O)=O)ccc2C)no1. The van der Waals surface area contributed by atoms with Crippen LogP contribution >= 0.6 is 0 Å². The second-order valence-corrected chi connectivity index (χ2v) is 8.09. The second-order valence-electron chi connectivity index (χ2n) is 6.08. The van der Waals surface area contributed by atoms with Gasteiger partial charge in [-0.25, -0.2) is 8.42 Å². The quantitative estimate of drug-likeness (QED) is 0.842. The first-order chi connectivity index (χ1) is 11.3. The molecule has 1 aliphatic rings. The summed E-state index contributed by atoms with van der Waals surface area (Å²) in [4.78, 5) is 19.0. The molecule has 8 heteroatoms. The van der Waals surface area contributed by atoms with Gasteiger partial charge in [-0.2, -0.15) is 4.98 Å². The topological polar surface area (TPSA) is 93.4 Å². The van der Waals surface area contributed by atoms with E-state index in [2.05, 4.69) is 10.1 Å². The number of carbonyl (C=O) groups is 1. The van der Waals surface area contributed by atoms with Gasteiger partial charge in [-0.05, 0) is 37.5 Å². The maximum absolute atomic E-state index is 13.0. The molecule has 0 radical (unpaired) electrons. The third kappa shape index (κ3) is 3.06. The minimum Gasteiger partial charge on any atom is -0.340 e. The van der Waals surface area contributed by atoms with Gasteiger partial charge in [0.2, 0.25) is 5.89 Å². The first-order valence-electron chi connectivity index (χ1n) is 7.69. The van der Waals surface area contributed by atoms with Gasteiger partial charge in [0, 0.05) is 25.3 Å². The number of likely N-dealkylation sites (tertiary alicyclic amines) is 1. The number of benzene rings is 1. The number of rotatable bonds is 3. The van der Waals surface area contributed by atoms with Crippen LogP contribution in [0.5, 0.6) is 0 Å². The van der Waals surface area contributed by atoms with E-state index >= 15 is 0 Å². The van der Waals surface area contributed by atoms with Crippen molar-refractivity contribution < 1.29 is 17.7 Å². The van der Waals surface area contributed by atoms with Gasteiger partial charge in [-0.1, -0.05) is 11.2 Å². The highest BCUT2D eigenvalue weighted by molar-refractivity contribution is 7.90. The molecule has 1 aromatic heterocycles. The van der Waals surface area contributed by atoms with E-state index < -0.39 is 9.84 Å². The highest BCUT2D eigenvalue weighted by Crippen LogP contribution is 2.32. The Morgan fingerprint density at radius 2 is 2.08 bits per heavy atom. The Morgan fingerprint density at radius 3 is 2.71 bits per heavy atom. The first-order valence-corrected chi connectivity index (χ1v) is 9.58. The molecule has 0 N–H and O–H groups in total. The standard InChI is InChI=1S/C16H19N3O4S/c1-10-6-7-12(24(3,21)22)9-13(10)16(20)19-8-4-5-14(19)15-17-11(2)23-18-15/h6-7,9,14H,4-5,8H2,1-3H3. The fraction of sp³-hybridized carbons (Fsp3) is 0.438. The number of carbonyl (C=O) groups excluding carboxylic acids is 1. The van der Waals surface area contributed by atoms with Crippen molar-refractivity contribution in [3.8, 4) is 0 Å². The lowest BCUT2D eigenvalue weighted by Crippen LogP contribution is -2.31. The van der Waals surface area contributed by atoms with Crippen molar-refractivity contribution in [3.05, 3.63) is 41.0 Å². The molecule has 2 aromatic rings. The van der Waals surface area contributed by atoms with Crippen LogP contribution in [-0.4, -0.2) is 42.2 Å². The highest BCUT2D eigenvalue weighted by atomic mass is 32.2. The van der Waals surface area contributed by atoms with Gasteiger partial charge < -0.3 is 9.42 Å². The van der Waals surface area contributed by atoms with E-state index in [1.54, 1.807) is 24.8 Å². The van der Waals surface area contributed by atoms with Gasteiger partial charge in [0.25, 0.3) is 5.91 Å². The molecular weight excluding hydrogens is 330 g/mol. The van der Waals surface area contributed by atoms with Gasteiger partial charge in [0.05, 0.1) is 10.9 Å². The maximum atomic E-state index is 13.0. The lowest BCUT2D eigenvalue weighted by atomic mass is 10.1. The van der Waals surface area contributed by atoms with Gasteiger partial charge in [-0.15, -0.1) is 0 Å². The average Bonchev–Trinajstić information content (AvgIpc) is 3.14.